The highest BCUT2D eigenvalue weighted by molar-refractivity contribution is 5.27. The summed E-state index contributed by atoms with van der Waals surface area (Å²) in [5, 5.41) is 9.14. The zero-order chi connectivity index (χ0) is 12.3. The second kappa shape index (κ2) is 5.33. The molecule has 1 fully saturated rings. The van der Waals surface area contributed by atoms with E-state index in [1.165, 1.54) is 5.56 Å². The maximum atomic E-state index is 9.14. The van der Waals surface area contributed by atoms with Gasteiger partial charge in [-0.25, -0.2) is 0 Å². The van der Waals surface area contributed by atoms with Crippen LogP contribution in [0, 0.1) is 17.2 Å². The Morgan fingerprint density at radius 2 is 2.00 bits per heavy atom. The molecule has 0 bridgehead atoms. The largest absolute Gasteiger partial charge is 0.372 e. The van der Waals surface area contributed by atoms with Crippen LogP contribution in [0.5, 0.6) is 0 Å². The molecule has 0 spiro atoms. The first kappa shape index (κ1) is 12.1. The summed E-state index contributed by atoms with van der Waals surface area (Å²) in [6, 6.07) is 10.9. The van der Waals surface area contributed by atoms with E-state index in [-0.39, 0.29) is 12.0 Å². The lowest BCUT2D eigenvalue weighted by molar-refractivity contribution is -0.0101. The molecule has 2 unspecified atom stereocenters. The predicted octanol–water partition coefficient (Wildman–Crippen LogP) is 3.80. The normalized spacial score (nSPS) is 24.6. The minimum absolute atomic E-state index is 0.00801. The molecule has 0 N–H and O–H groups in total. The molecule has 2 atom stereocenters. The number of ether oxygens (including phenoxy) is 1. The first-order valence-electron chi connectivity index (χ1n) is 6.33. The molecule has 0 amide bonds. The van der Waals surface area contributed by atoms with Crippen molar-refractivity contribution < 1.29 is 4.74 Å². The van der Waals surface area contributed by atoms with Gasteiger partial charge < -0.3 is 4.74 Å². The van der Waals surface area contributed by atoms with Gasteiger partial charge in [0.2, 0.25) is 0 Å². The molecule has 2 nitrogen and oxygen atoms in total. The minimum atomic E-state index is -0.0324. The number of rotatable bonds is 2. The fourth-order valence-corrected chi connectivity index (χ4v) is 2.31. The monoisotopic (exact) mass is 229 g/mol. The summed E-state index contributed by atoms with van der Waals surface area (Å²) in [6.45, 7) is 5.14. The van der Waals surface area contributed by atoms with Crippen LogP contribution in [0.25, 0.3) is 0 Å². The summed E-state index contributed by atoms with van der Waals surface area (Å²) in [5.74, 6) is 0.553. The van der Waals surface area contributed by atoms with Crippen LogP contribution >= 0.6 is 0 Å². The van der Waals surface area contributed by atoms with Crippen molar-refractivity contribution in [1.29, 1.82) is 5.26 Å². The third kappa shape index (κ3) is 2.68. The molecule has 90 valence electrons. The summed E-state index contributed by atoms with van der Waals surface area (Å²) in [4.78, 5) is 0. The zero-order valence-corrected chi connectivity index (χ0v) is 10.5. The van der Waals surface area contributed by atoms with Crippen molar-refractivity contribution in [3.8, 4) is 6.07 Å². The van der Waals surface area contributed by atoms with Crippen molar-refractivity contribution in [1.82, 2.24) is 0 Å². The molecular weight excluding hydrogens is 210 g/mol. The second-order valence-corrected chi connectivity index (χ2v) is 4.99. The molecule has 2 heteroatoms. The van der Waals surface area contributed by atoms with Gasteiger partial charge in [0.15, 0.2) is 0 Å². The number of hydrogen-bond donors (Lipinski definition) is 0. The Labute approximate surface area is 103 Å². The van der Waals surface area contributed by atoms with Gasteiger partial charge in [-0.05, 0) is 29.9 Å². The van der Waals surface area contributed by atoms with Crippen LogP contribution in [0.3, 0.4) is 0 Å². The Morgan fingerprint density at radius 1 is 1.29 bits per heavy atom. The summed E-state index contributed by atoms with van der Waals surface area (Å²) in [5.41, 5.74) is 2.47. The van der Waals surface area contributed by atoms with Crippen molar-refractivity contribution in [2.45, 2.75) is 38.7 Å². The number of benzene rings is 1. The smallest absolute Gasteiger partial charge is 0.0982 e. The Balaban J connectivity index is 2.18. The highest BCUT2D eigenvalue weighted by Crippen LogP contribution is 2.33. The predicted molar refractivity (Wildman–Crippen MR) is 67.6 cm³/mol. The maximum absolute atomic E-state index is 9.14. The van der Waals surface area contributed by atoms with E-state index in [0.29, 0.717) is 5.92 Å². The molecule has 0 aliphatic carbocycles. The van der Waals surface area contributed by atoms with Gasteiger partial charge >= 0.3 is 0 Å². The van der Waals surface area contributed by atoms with Gasteiger partial charge in [0.25, 0.3) is 0 Å². The van der Waals surface area contributed by atoms with E-state index in [4.69, 9.17) is 10.00 Å². The Kier molecular flexibility index (Phi) is 3.81. The lowest BCUT2D eigenvalue weighted by Gasteiger charge is -2.27. The topological polar surface area (TPSA) is 33.0 Å². The van der Waals surface area contributed by atoms with Gasteiger partial charge in [-0.1, -0.05) is 38.1 Å². The molecule has 1 saturated heterocycles. The van der Waals surface area contributed by atoms with Crippen LogP contribution in [-0.4, -0.2) is 6.61 Å². The summed E-state index contributed by atoms with van der Waals surface area (Å²) >= 11 is 0. The van der Waals surface area contributed by atoms with Crippen LogP contribution in [0.4, 0.5) is 0 Å². The van der Waals surface area contributed by atoms with Crippen molar-refractivity contribution in [3.05, 3.63) is 35.4 Å². The summed E-state index contributed by atoms with van der Waals surface area (Å²) in [6.07, 6.45) is 1.92. The fraction of sp³-hybridized carbons (Fsp3) is 0.533. The molecule has 0 radical (unpaired) electrons. The second-order valence-electron chi connectivity index (χ2n) is 4.99. The van der Waals surface area contributed by atoms with E-state index in [2.05, 4.69) is 44.2 Å². The van der Waals surface area contributed by atoms with Gasteiger partial charge in [0.1, 0.15) is 0 Å². The van der Waals surface area contributed by atoms with E-state index in [9.17, 15) is 0 Å². The van der Waals surface area contributed by atoms with Crippen LogP contribution in [0.2, 0.25) is 0 Å². The lowest BCUT2D eigenvalue weighted by Crippen LogP contribution is -2.21. The number of nitrogens with zero attached hydrogens (tertiary/aromatic N) is 1. The van der Waals surface area contributed by atoms with Crippen LogP contribution in [-0.2, 0) is 4.74 Å². The van der Waals surface area contributed by atoms with Crippen molar-refractivity contribution in [2.75, 3.05) is 6.61 Å². The molecule has 0 aromatic heterocycles. The molecule has 0 saturated carbocycles. The van der Waals surface area contributed by atoms with Crippen molar-refractivity contribution in [2.24, 2.45) is 5.92 Å². The van der Waals surface area contributed by atoms with Crippen LogP contribution in [0.15, 0.2) is 24.3 Å². The van der Waals surface area contributed by atoms with Gasteiger partial charge in [-0.3, -0.25) is 0 Å². The zero-order valence-electron chi connectivity index (χ0n) is 10.5. The van der Waals surface area contributed by atoms with E-state index in [1.807, 2.05) is 0 Å². The number of hydrogen-bond acceptors (Lipinski definition) is 2. The third-order valence-corrected chi connectivity index (χ3v) is 3.42. The van der Waals surface area contributed by atoms with Gasteiger partial charge in [-0.15, -0.1) is 0 Å². The van der Waals surface area contributed by atoms with E-state index >= 15 is 0 Å². The Morgan fingerprint density at radius 3 is 2.59 bits per heavy atom. The third-order valence-electron chi connectivity index (χ3n) is 3.42. The summed E-state index contributed by atoms with van der Waals surface area (Å²) < 4.78 is 5.75. The molecule has 1 aliphatic rings. The quantitative estimate of drug-likeness (QED) is 0.772. The van der Waals surface area contributed by atoms with Gasteiger partial charge in [0.05, 0.1) is 18.1 Å². The molecule has 17 heavy (non-hydrogen) atoms. The highest BCUT2D eigenvalue weighted by atomic mass is 16.5. The molecular formula is C15H19NO. The van der Waals surface area contributed by atoms with E-state index < -0.39 is 0 Å². The standard InChI is InChI=1S/C15H19NO/c1-11(2)12-5-7-13(8-6-12)15-14(10-16)4-3-9-17-15/h5-8,11,14-15H,3-4,9H2,1-2H3. The number of nitriles is 1. The molecule has 1 aromatic carbocycles. The average Bonchev–Trinajstić information content (AvgIpc) is 2.39. The first-order valence-corrected chi connectivity index (χ1v) is 6.33. The summed E-state index contributed by atoms with van der Waals surface area (Å²) in [7, 11) is 0. The minimum Gasteiger partial charge on any atom is -0.372 e. The van der Waals surface area contributed by atoms with Gasteiger partial charge in [0, 0.05) is 6.61 Å². The van der Waals surface area contributed by atoms with Crippen LogP contribution < -0.4 is 0 Å². The van der Waals surface area contributed by atoms with Crippen LogP contribution in [0.1, 0.15) is 49.8 Å². The van der Waals surface area contributed by atoms with Crippen molar-refractivity contribution >= 4 is 0 Å². The molecule has 1 heterocycles. The fourth-order valence-electron chi connectivity index (χ4n) is 2.31. The Hall–Kier alpha value is -1.33. The Bertz CT molecular complexity index is 402. The lowest BCUT2D eigenvalue weighted by atomic mass is 9.89. The maximum Gasteiger partial charge on any atom is 0.0982 e. The van der Waals surface area contributed by atoms with Gasteiger partial charge in [-0.2, -0.15) is 5.26 Å². The molecule has 1 aromatic rings. The molecule has 1 aliphatic heterocycles. The SMILES string of the molecule is CC(C)c1ccc(C2OCCCC2C#N)cc1. The van der Waals surface area contributed by atoms with E-state index in [0.717, 1.165) is 25.0 Å². The first-order chi connectivity index (χ1) is 8.22. The average molecular weight is 229 g/mol. The van der Waals surface area contributed by atoms with E-state index in [1.54, 1.807) is 0 Å². The molecule has 2 rings (SSSR count). The van der Waals surface area contributed by atoms with Crippen molar-refractivity contribution in [3.63, 3.8) is 0 Å². The highest BCUT2D eigenvalue weighted by Gasteiger charge is 2.27.